The number of benzene rings is 1. The Morgan fingerprint density at radius 3 is 2.44 bits per heavy atom. The summed E-state index contributed by atoms with van der Waals surface area (Å²) in [7, 11) is 0. The SMILES string of the molecule is CCc1oc(C(=O)NCC2(c3ccc(Cl)cc3)CCOCC2)cc1C(=O)O. The Bertz CT molecular complexity index is 821. The van der Waals surface area contributed by atoms with E-state index in [9.17, 15) is 14.7 Å². The molecule has 0 spiro atoms. The number of ether oxygens (including phenoxy) is 1. The molecule has 0 unspecified atom stereocenters. The molecule has 1 fully saturated rings. The van der Waals surface area contributed by atoms with Gasteiger partial charge in [-0.25, -0.2) is 4.79 Å². The average molecular weight is 392 g/mol. The highest BCUT2D eigenvalue weighted by atomic mass is 35.5. The average Bonchev–Trinajstić information content (AvgIpc) is 3.12. The van der Waals surface area contributed by atoms with Crippen molar-refractivity contribution in [2.45, 2.75) is 31.6 Å². The molecule has 0 saturated carbocycles. The monoisotopic (exact) mass is 391 g/mol. The number of carboxylic acids is 1. The molecule has 144 valence electrons. The largest absolute Gasteiger partial charge is 0.478 e. The standard InChI is InChI=1S/C20H22ClNO5/c1-2-16-15(19(24)25)11-17(27-16)18(23)22-12-20(7-9-26-10-8-20)13-3-5-14(21)6-4-13/h3-6,11H,2,7-10,12H2,1H3,(H,22,23)(H,24,25). The van der Waals surface area contributed by atoms with Crippen LogP contribution in [0.1, 0.15) is 52.0 Å². The third-order valence-corrected chi connectivity index (χ3v) is 5.33. The second-order valence-corrected chi connectivity index (χ2v) is 7.12. The number of hydrogen-bond acceptors (Lipinski definition) is 4. The summed E-state index contributed by atoms with van der Waals surface area (Å²) in [5, 5.41) is 12.8. The van der Waals surface area contributed by atoms with Gasteiger partial charge in [0.15, 0.2) is 5.76 Å². The summed E-state index contributed by atoms with van der Waals surface area (Å²) in [5.74, 6) is -1.21. The molecule has 27 heavy (non-hydrogen) atoms. The predicted molar refractivity (Wildman–Crippen MR) is 101 cm³/mol. The lowest BCUT2D eigenvalue weighted by atomic mass is 9.74. The van der Waals surface area contributed by atoms with E-state index in [0.717, 1.165) is 18.4 Å². The Morgan fingerprint density at radius 2 is 1.89 bits per heavy atom. The summed E-state index contributed by atoms with van der Waals surface area (Å²) in [6.45, 7) is 3.41. The first-order chi connectivity index (χ1) is 12.9. The number of rotatable bonds is 6. The number of carboxylic acid groups (broad SMARTS) is 1. The van der Waals surface area contributed by atoms with Gasteiger partial charge in [0.1, 0.15) is 11.3 Å². The van der Waals surface area contributed by atoms with Crippen LogP contribution in [0.3, 0.4) is 0 Å². The van der Waals surface area contributed by atoms with E-state index in [1.54, 1.807) is 6.92 Å². The summed E-state index contributed by atoms with van der Waals surface area (Å²) in [5.41, 5.74) is 0.866. The lowest BCUT2D eigenvalue weighted by Gasteiger charge is -2.38. The first-order valence-electron chi connectivity index (χ1n) is 8.93. The minimum absolute atomic E-state index is 0.0163. The van der Waals surface area contributed by atoms with Crippen molar-refractivity contribution < 1.29 is 23.8 Å². The molecule has 0 radical (unpaired) electrons. The zero-order valence-electron chi connectivity index (χ0n) is 15.1. The normalized spacial score (nSPS) is 16.1. The second-order valence-electron chi connectivity index (χ2n) is 6.69. The van der Waals surface area contributed by atoms with Gasteiger partial charge in [-0.1, -0.05) is 30.7 Å². The van der Waals surface area contributed by atoms with Gasteiger partial charge in [0.25, 0.3) is 5.91 Å². The van der Waals surface area contributed by atoms with Gasteiger partial charge in [-0.2, -0.15) is 0 Å². The lowest BCUT2D eigenvalue weighted by molar-refractivity contribution is 0.0484. The van der Waals surface area contributed by atoms with E-state index in [4.69, 9.17) is 20.8 Å². The maximum absolute atomic E-state index is 12.6. The number of hydrogen-bond donors (Lipinski definition) is 2. The lowest BCUT2D eigenvalue weighted by Crippen LogP contribution is -2.44. The molecule has 2 heterocycles. The number of furan rings is 1. The van der Waals surface area contributed by atoms with E-state index >= 15 is 0 Å². The molecule has 1 amide bonds. The van der Waals surface area contributed by atoms with E-state index in [-0.39, 0.29) is 16.7 Å². The molecule has 1 aromatic carbocycles. The molecule has 0 bridgehead atoms. The van der Waals surface area contributed by atoms with Crippen molar-refractivity contribution in [3.63, 3.8) is 0 Å². The zero-order valence-corrected chi connectivity index (χ0v) is 15.8. The topological polar surface area (TPSA) is 88.8 Å². The quantitative estimate of drug-likeness (QED) is 0.784. The number of carbonyl (C=O) groups excluding carboxylic acids is 1. The first-order valence-corrected chi connectivity index (χ1v) is 9.31. The van der Waals surface area contributed by atoms with Gasteiger partial charge in [0, 0.05) is 42.7 Å². The van der Waals surface area contributed by atoms with Gasteiger partial charge in [0.05, 0.1) is 0 Å². The maximum Gasteiger partial charge on any atom is 0.339 e. The molecule has 1 aromatic heterocycles. The van der Waals surface area contributed by atoms with Crippen LogP contribution < -0.4 is 5.32 Å². The molecule has 2 aromatic rings. The van der Waals surface area contributed by atoms with Crippen LogP contribution in [0.4, 0.5) is 0 Å². The van der Waals surface area contributed by atoms with Crippen LogP contribution in [-0.2, 0) is 16.6 Å². The molecule has 0 aliphatic carbocycles. The fourth-order valence-corrected chi connectivity index (χ4v) is 3.58. The Kier molecular flexibility index (Phi) is 5.87. The van der Waals surface area contributed by atoms with Gasteiger partial charge in [-0.15, -0.1) is 0 Å². The smallest absolute Gasteiger partial charge is 0.339 e. The van der Waals surface area contributed by atoms with Crippen LogP contribution in [-0.4, -0.2) is 36.7 Å². The first kappa shape index (κ1) is 19.5. The summed E-state index contributed by atoms with van der Waals surface area (Å²) in [4.78, 5) is 23.8. The summed E-state index contributed by atoms with van der Waals surface area (Å²) >= 11 is 6.01. The molecular weight excluding hydrogens is 370 g/mol. The Hall–Kier alpha value is -2.31. The Morgan fingerprint density at radius 1 is 1.22 bits per heavy atom. The molecule has 1 aliphatic heterocycles. The molecule has 3 rings (SSSR count). The number of halogens is 1. The van der Waals surface area contributed by atoms with Crippen LogP contribution >= 0.6 is 11.6 Å². The number of aryl methyl sites for hydroxylation is 1. The molecule has 1 aliphatic rings. The van der Waals surface area contributed by atoms with Crippen LogP contribution in [0, 0.1) is 0 Å². The number of carbonyl (C=O) groups is 2. The van der Waals surface area contributed by atoms with E-state index in [1.165, 1.54) is 6.07 Å². The minimum atomic E-state index is -1.10. The predicted octanol–water partition coefficient (Wildman–Crippen LogP) is 3.67. The fourth-order valence-electron chi connectivity index (χ4n) is 3.45. The summed E-state index contributed by atoms with van der Waals surface area (Å²) < 4.78 is 10.9. The zero-order chi connectivity index (χ0) is 19.4. The van der Waals surface area contributed by atoms with E-state index < -0.39 is 11.9 Å². The highest BCUT2D eigenvalue weighted by molar-refractivity contribution is 6.30. The van der Waals surface area contributed by atoms with Crippen molar-refractivity contribution >= 4 is 23.5 Å². The van der Waals surface area contributed by atoms with Crippen molar-refractivity contribution in [3.05, 3.63) is 58.0 Å². The third kappa shape index (κ3) is 4.17. The van der Waals surface area contributed by atoms with Gasteiger partial charge < -0.3 is 19.6 Å². The summed E-state index contributed by atoms with van der Waals surface area (Å²) in [6, 6.07) is 8.93. The van der Waals surface area contributed by atoms with Crippen molar-refractivity contribution in [1.82, 2.24) is 5.32 Å². The second kappa shape index (κ2) is 8.15. The highest BCUT2D eigenvalue weighted by Crippen LogP contribution is 2.35. The van der Waals surface area contributed by atoms with E-state index in [2.05, 4.69) is 5.32 Å². The maximum atomic E-state index is 12.6. The van der Waals surface area contributed by atoms with Crippen LogP contribution in [0.25, 0.3) is 0 Å². The van der Waals surface area contributed by atoms with Crippen LogP contribution in [0.5, 0.6) is 0 Å². The van der Waals surface area contributed by atoms with Crippen molar-refractivity contribution in [1.29, 1.82) is 0 Å². The number of nitrogens with one attached hydrogen (secondary N) is 1. The Balaban J connectivity index is 1.78. The van der Waals surface area contributed by atoms with Crippen molar-refractivity contribution in [2.24, 2.45) is 0 Å². The van der Waals surface area contributed by atoms with E-state index in [0.29, 0.717) is 37.0 Å². The highest BCUT2D eigenvalue weighted by Gasteiger charge is 2.35. The van der Waals surface area contributed by atoms with Crippen LogP contribution in [0.15, 0.2) is 34.7 Å². The molecule has 6 nitrogen and oxygen atoms in total. The molecular formula is C20H22ClNO5. The molecule has 7 heteroatoms. The molecule has 1 saturated heterocycles. The number of aromatic carboxylic acids is 1. The Labute approximate surface area is 162 Å². The van der Waals surface area contributed by atoms with Gasteiger partial charge in [-0.05, 0) is 30.5 Å². The number of amides is 1. The van der Waals surface area contributed by atoms with Gasteiger partial charge in [0.2, 0.25) is 0 Å². The molecule has 0 atom stereocenters. The van der Waals surface area contributed by atoms with Crippen LogP contribution in [0.2, 0.25) is 5.02 Å². The minimum Gasteiger partial charge on any atom is -0.478 e. The molecule has 2 N–H and O–H groups in total. The van der Waals surface area contributed by atoms with Crippen molar-refractivity contribution in [3.8, 4) is 0 Å². The van der Waals surface area contributed by atoms with Gasteiger partial charge in [-0.3, -0.25) is 4.79 Å². The van der Waals surface area contributed by atoms with E-state index in [1.807, 2.05) is 24.3 Å². The van der Waals surface area contributed by atoms with Crippen molar-refractivity contribution in [2.75, 3.05) is 19.8 Å². The summed E-state index contributed by atoms with van der Waals surface area (Å²) in [6.07, 6.45) is 1.95. The van der Waals surface area contributed by atoms with Gasteiger partial charge >= 0.3 is 5.97 Å². The third-order valence-electron chi connectivity index (χ3n) is 5.08. The fraction of sp³-hybridized carbons (Fsp3) is 0.400.